The highest BCUT2D eigenvalue weighted by molar-refractivity contribution is 5.88. The van der Waals surface area contributed by atoms with Crippen molar-refractivity contribution >= 4 is 11.8 Å². The van der Waals surface area contributed by atoms with Gasteiger partial charge in [0, 0.05) is 60.0 Å². The molecule has 2 saturated heterocycles. The van der Waals surface area contributed by atoms with Gasteiger partial charge in [0.25, 0.3) is 11.8 Å². The molecule has 3 aliphatic rings. The molecule has 9 heteroatoms. The summed E-state index contributed by atoms with van der Waals surface area (Å²) in [6.45, 7) is 16.7. The average molecular weight is 491 g/mol. The maximum absolute atomic E-state index is 13.3. The molecule has 2 amide bonds. The minimum absolute atomic E-state index is 0.148. The standard InChI is InChI=1S/C12H22N2O3.C9H17FN2O.2C2H6/c1-13-6-7-14(10(8-13)9-16-2)11(15)12(17-3)4-5-12;1-9(2,10)8(13)12-6-4-11(3)5-7-12;2*1-2/h10H,4-9H2,1-3H3;4-7H2,1-3H3;2*1-2H3. The topological polar surface area (TPSA) is 65.6 Å². The molecule has 202 valence electrons. The van der Waals surface area contributed by atoms with E-state index in [0.717, 1.165) is 45.6 Å². The van der Waals surface area contributed by atoms with Crippen LogP contribution in [0.3, 0.4) is 0 Å². The zero-order valence-corrected chi connectivity index (χ0v) is 23.4. The Balaban J connectivity index is 0.000000574. The van der Waals surface area contributed by atoms with Crippen LogP contribution in [0.25, 0.3) is 0 Å². The Morgan fingerprint density at radius 2 is 1.41 bits per heavy atom. The first-order valence-electron chi connectivity index (χ1n) is 12.7. The highest BCUT2D eigenvalue weighted by atomic mass is 19.1. The quantitative estimate of drug-likeness (QED) is 0.590. The van der Waals surface area contributed by atoms with Gasteiger partial charge in [-0.25, -0.2) is 4.39 Å². The van der Waals surface area contributed by atoms with Gasteiger partial charge in [-0.05, 0) is 40.8 Å². The predicted octanol–water partition coefficient (Wildman–Crippen LogP) is 2.52. The lowest BCUT2D eigenvalue weighted by Crippen LogP contribution is -2.58. The molecule has 0 aromatic carbocycles. The number of amides is 2. The Bertz CT molecular complexity index is 588. The number of ether oxygens (including phenoxy) is 2. The van der Waals surface area contributed by atoms with E-state index in [-0.39, 0.29) is 17.9 Å². The zero-order valence-electron chi connectivity index (χ0n) is 23.4. The number of hydrogen-bond donors (Lipinski definition) is 0. The van der Waals surface area contributed by atoms with Crippen LogP contribution in [0.1, 0.15) is 54.4 Å². The van der Waals surface area contributed by atoms with Gasteiger partial charge in [0.15, 0.2) is 5.67 Å². The van der Waals surface area contributed by atoms with E-state index in [1.807, 2.05) is 39.6 Å². The Hall–Kier alpha value is -1.29. The molecule has 0 radical (unpaired) electrons. The molecule has 34 heavy (non-hydrogen) atoms. The number of alkyl halides is 1. The number of halogens is 1. The van der Waals surface area contributed by atoms with E-state index >= 15 is 0 Å². The van der Waals surface area contributed by atoms with Crippen LogP contribution in [0, 0.1) is 0 Å². The van der Waals surface area contributed by atoms with Crippen LogP contribution in [-0.4, -0.2) is 129 Å². The molecule has 8 nitrogen and oxygen atoms in total. The lowest BCUT2D eigenvalue weighted by atomic mass is 10.1. The van der Waals surface area contributed by atoms with E-state index in [2.05, 4.69) is 16.8 Å². The molecule has 0 spiro atoms. The summed E-state index contributed by atoms with van der Waals surface area (Å²) in [5.74, 6) is -0.240. The van der Waals surface area contributed by atoms with E-state index in [0.29, 0.717) is 19.7 Å². The maximum atomic E-state index is 13.3. The van der Waals surface area contributed by atoms with Gasteiger partial charge >= 0.3 is 0 Å². The van der Waals surface area contributed by atoms with Crippen molar-refractivity contribution in [1.82, 2.24) is 19.6 Å². The SMILES string of the molecule is CC.CC.CN1CCN(C(=O)C(C)(C)F)CC1.COCC1CN(C)CCN1C(=O)C1(OC)CC1. The lowest BCUT2D eigenvalue weighted by molar-refractivity contribution is -0.151. The minimum Gasteiger partial charge on any atom is -0.382 e. The van der Waals surface area contributed by atoms with Crippen molar-refractivity contribution in [3.63, 3.8) is 0 Å². The molecule has 0 bridgehead atoms. The third-order valence-electron chi connectivity index (χ3n) is 6.09. The fraction of sp³-hybridized carbons (Fsp3) is 0.920. The summed E-state index contributed by atoms with van der Waals surface area (Å²) in [6, 6.07) is 0.152. The number of likely N-dealkylation sites (N-methyl/N-ethyl adjacent to an activating group) is 2. The third kappa shape index (κ3) is 9.76. The first-order valence-corrected chi connectivity index (χ1v) is 12.7. The second kappa shape index (κ2) is 15.7. The van der Waals surface area contributed by atoms with E-state index in [9.17, 15) is 14.0 Å². The molecule has 0 aromatic heterocycles. The van der Waals surface area contributed by atoms with Crippen molar-refractivity contribution < 1.29 is 23.5 Å². The molecule has 0 aromatic rings. The first kappa shape index (κ1) is 32.7. The molecule has 2 heterocycles. The van der Waals surface area contributed by atoms with Crippen molar-refractivity contribution in [3.8, 4) is 0 Å². The van der Waals surface area contributed by atoms with Crippen LogP contribution >= 0.6 is 0 Å². The highest BCUT2D eigenvalue weighted by Crippen LogP contribution is 2.41. The van der Waals surface area contributed by atoms with Crippen LogP contribution in [-0.2, 0) is 19.1 Å². The molecule has 1 aliphatic carbocycles. The molecular formula is C25H51FN4O4. The lowest BCUT2D eigenvalue weighted by Gasteiger charge is -2.41. The average Bonchev–Trinajstić information content (AvgIpc) is 3.63. The van der Waals surface area contributed by atoms with Crippen molar-refractivity contribution in [2.75, 3.05) is 80.7 Å². The maximum Gasteiger partial charge on any atom is 0.259 e. The second-order valence-corrected chi connectivity index (χ2v) is 9.14. The predicted molar refractivity (Wildman–Crippen MR) is 136 cm³/mol. The second-order valence-electron chi connectivity index (χ2n) is 9.14. The number of carbonyl (C=O) groups is 2. The molecule has 1 saturated carbocycles. The molecule has 3 rings (SSSR count). The number of nitrogens with zero attached hydrogens (tertiary/aromatic N) is 4. The van der Waals surface area contributed by atoms with E-state index in [4.69, 9.17) is 9.47 Å². The summed E-state index contributed by atoms with van der Waals surface area (Å²) in [5, 5.41) is 0. The van der Waals surface area contributed by atoms with E-state index in [1.165, 1.54) is 13.8 Å². The van der Waals surface area contributed by atoms with Gasteiger partial charge in [-0.15, -0.1) is 0 Å². The Labute approximate surface area is 207 Å². The van der Waals surface area contributed by atoms with Crippen LogP contribution in [0.5, 0.6) is 0 Å². The van der Waals surface area contributed by atoms with Crippen LogP contribution < -0.4 is 0 Å². The Morgan fingerprint density at radius 3 is 1.82 bits per heavy atom. The number of methoxy groups -OCH3 is 2. The van der Waals surface area contributed by atoms with Gasteiger partial charge in [-0.3, -0.25) is 9.59 Å². The van der Waals surface area contributed by atoms with Crippen LogP contribution in [0.15, 0.2) is 0 Å². The molecule has 0 N–H and O–H groups in total. The minimum atomic E-state index is -1.73. The van der Waals surface area contributed by atoms with Gasteiger partial charge in [0.05, 0.1) is 12.6 Å². The zero-order chi connectivity index (χ0) is 26.5. The largest absolute Gasteiger partial charge is 0.382 e. The van der Waals surface area contributed by atoms with Gasteiger partial charge < -0.3 is 29.1 Å². The molecule has 3 fully saturated rings. The number of piperazine rings is 2. The van der Waals surface area contributed by atoms with E-state index < -0.39 is 11.3 Å². The normalized spacial score (nSPS) is 22.3. The van der Waals surface area contributed by atoms with Gasteiger partial charge in [-0.2, -0.15) is 0 Å². The number of rotatable bonds is 5. The van der Waals surface area contributed by atoms with Crippen molar-refractivity contribution in [2.45, 2.75) is 71.7 Å². The first-order chi connectivity index (χ1) is 16.0. The fourth-order valence-corrected chi connectivity index (χ4v) is 3.88. The Kier molecular flexibility index (Phi) is 15.1. The smallest absolute Gasteiger partial charge is 0.259 e. The van der Waals surface area contributed by atoms with Gasteiger partial charge in [0.2, 0.25) is 0 Å². The molecule has 1 atom stereocenters. The summed E-state index contributed by atoms with van der Waals surface area (Å²) >= 11 is 0. The van der Waals surface area contributed by atoms with Crippen molar-refractivity contribution in [1.29, 1.82) is 0 Å². The number of hydrogen-bond acceptors (Lipinski definition) is 6. The van der Waals surface area contributed by atoms with E-state index in [1.54, 1.807) is 19.1 Å². The van der Waals surface area contributed by atoms with Crippen molar-refractivity contribution in [3.05, 3.63) is 0 Å². The van der Waals surface area contributed by atoms with Crippen molar-refractivity contribution in [2.24, 2.45) is 0 Å². The molecular weight excluding hydrogens is 439 g/mol. The van der Waals surface area contributed by atoms with Crippen LogP contribution in [0.2, 0.25) is 0 Å². The summed E-state index contributed by atoms with van der Waals surface area (Å²) in [7, 11) is 7.39. The summed E-state index contributed by atoms with van der Waals surface area (Å²) in [6.07, 6.45) is 1.71. The summed E-state index contributed by atoms with van der Waals surface area (Å²) in [4.78, 5) is 31.8. The Morgan fingerprint density at radius 1 is 0.912 bits per heavy atom. The summed E-state index contributed by atoms with van der Waals surface area (Å²) < 4.78 is 23.8. The third-order valence-corrected chi connectivity index (χ3v) is 6.09. The fourth-order valence-electron chi connectivity index (χ4n) is 3.88. The highest BCUT2D eigenvalue weighted by Gasteiger charge is 2.53. The summed E-state index contributed by atoms with van der Waals surface area (Å²) in [5.41, 5.74) is -2.24. The van der Waals surface area contributed by atoms with Gasteiger partial charge in [0.1, 0.15) is 5.60 Å². The monoisotopic (exact) mass is 490 g/mol. The number of carbonyl (C=O) groups excluding carboxylic acids is 2. The van der Waals surface area contributed by atoms with Crippen LogP contribution in [0.4, 0.5) is 4.39 Å². The molecule has 2 aliphatic heterocycles. The molecule has 1 unspecified atom stereocenters. The van der Waals surface area contributed by atoms with Gasteiger partial charge in [-0.1, -0.05) is 27.7 Å².